The summed E-state index contributed by atoms with van der Waals surface area (Å²) >= 11 is 1.52. The molecular weight excluding hydrogens is 234 g/mol. The van der Waals surface area contributed by atoms with Gasteiger partial charge in [-0.25, -0.2) is 0 Å². The van der Waals surface area contributed by atoms with Crippen LogP contribution in [0.1, 0.15) is 25.6 Å². The Bertz CT molecular complexity index is 358. The Hall–Kier alpha value is -1.07. The largest absolute Gasteiger partial charge is 0.383 e. The first-order chi connectivity index (χ1) is 7.92. The average molecular weight is 255 g/mol. The summed E-state index contributed by atoms with van der Waals surface area (Å²) in [4.78, 5) is 5.06. The predicted octanol–water partition coefficient (Wildman–Crippen LogP) is 1.52. The standard InChI is InChI=1S/C12H21N3OS/c1-9(2)7-14-11(13)15-8-12(3,16)10-5-4-6-17-10/h4-6,9,16H,7-8H2,1-3H3,(H3,13,14,15). The topological polar surface area (TPSA) is 70.6 Å². The van der Waals surface area contributed by atoms with E-state index in [1.807, 2.05) is 17.5 Å². The number of aliphatic imine (C=N–C) groups is 1. The van der Waals surface area contributed by atoms with Gasteiger partial charge in [-0.1, -0.05) is 19.9 Å². The van der Waals surface area contributed by atoms with Crippen molar-refractivity contribution in [2.24, 2.45) is 16.6 Å². The van der Waals surface area contributed by atoms with Gasteiger partial charge < -0.3 is 16.2 Å². The molecule has 0 amide bonds. The Morgan fingerprint density at radius 1 is 1.65 bits per heavy atom. The van der Waals surface area contributed by atoms with Crippen molar-refractivity contribution in [2.45, 2.75) is 26.4 Å². The number of nitrogens with one attached hydrogen (secondary N) is 1. The fourth-order valence-corrected chi connectivity index (χ4v) is 2.05. The number of aliphatic hydroxyl groups is 1. The van der Waals surface area contributed by atoms with Gasteiger partial charge in [-0.15, -0.1) is 11.3 Å². The number of hydrogen-bond acceptors (Lipinski definition) is 3. The van der Waals surface area contributed by atoms with E-state index in [1.54, 1.807) is 6.92 Å². The van der Waals surface area contributed by atoms with Crippen LogP contribution in [0.5, 0.6) is 0 Å². The number of guanidine groups is 1. The lowest BCUT2D eigenvalue weighted by atomic mass is 10.1. The highest BCUT2D eigenvalue weighted by Crippen LogP contribution is 2.25. The number of rotatable bonds is 5. The molecule has 0 aromatic carbocycles. The van der Waals surface area contributed by atoms with E-state index in [4.69, 9.17) is 5.73 Å². The van der Waals surface area contributed by atoms with Crippen molar-refractivity contribution in [1.82, 2.24) is 5.32 Å². The van der Waals surface area contributed by atoms with E-state index < -0.39 is 5.60 Å². The molecule has 1 aromatic rings. The molecule has 1 heterocycles. The minimum absolute atomic E-state index is 0.268. The van der Waals surface area contributed by atoms with Crippen LogP contribution in [0, 0.1) is 5.92 Å². The van der Waals surface area contributed by atoms with Gasteiger partial charge in [0, 0.05) is 11.4 Å². The molecule has 0 spiro atoms. The Labute approximate surface area is 107 Å². The Morgan fingerprint density at radius 2 is 2.35 bits per heavy atom. The second-order valence-corrected chi connectivity index (χ2v) is 5.68. The van der Waals surface area contributed by atoms with Crippen molar-refractivity contribution in [3.05, 3.63) is 22.4 Å². The van der Waals surface area contributed by atoms with Crippen LogP contribution in [-0.2, 0) is 5.60 Å². The van der Waals surface area contributed by atoms with Crippen LogP contribution in [0.3, 0.4) is 0 Å². The molecule has 1 aromatic heterocycles. The van der Waals surface area contributed by atoms with E-state index in [1.165, 1.54) is 11.3 Å². The van der Waals surface area contributed by atoms with Gasteiger partial charge >= 0.3 is 0 Å². The summed E-state index contributed by atoms with van der Waals surface area (Å²) in [6.45, 7) is 7.00. The summed E-state index contributed by atoms with van der Waals surface area (Å²) in [5.41, 5.74) is 4.77. The average Bonchev–Trinajstić information content (AvgIpc) is 2.77. The summed E-state index contributed by atoms with van der Waals surface area (Å²) in [6, 6.07) is 3.82. The minimum Gasteiger partial charge on any atom is -0.383 e. The highest BCUT2D eigenvalue weighted by atomic mass is 32.1. The Balaban J connectivity index is 2.51. The van der Waals surface area contributed by atoms with E-state index in [2.05, 4.69) is 24.2 Å². The van der Waals surface area contributed by atoms with Crippen LogP contribution >= 0.6 is 11.3 Å². The van der Waals surface area contributed by atoms with E-state index in [9.17, 15) is 5.11 Å². The van der Waals surface area contributed by atoms with Crippen molar-refractivity contribution in [3.8, 4) is 0 Å². The highest BCUT2D eigenvalue weighted by molar-refractivity contribution is 7.10. The molecule has 0 fully saturated rings. The van der Waals surface area contributed by atoms with Gasteiger partial charge in [-0.05, 0) is 24.3 Å². The molecule has 1 unspecified atom stereocenters. The van der Waals surface area contributed by atoms with Crippen molar-refractivity contribution < 1.29 is 5.11 Å². The Morgan fingerprint density at radius 3 is 2.88 bits per heavy atom. The fraction of sp³-hybridized carbons (Fsp3) is 0.583. The maximum absolute atomic E-state index is 10.2. The molecule has 0 saturated heterocycles. The highest BCUT2D eigenvalue weighted by Gasteiger charge is 2.23. The SMILES string of the molecule is CC(C)CNC(N)=NCC(C)(O)c1cccs1. The second-order valence-electron chi connectivity index (χ2n) is 4.73. The molecular formula is C12H21N3OS. The molecule has 1 atom stereocenters. The molecule has 0 radical (unpaired) electrons. The van der Waals surface area contributed by atoms with Gasteiger partial charge in [0.15, 0.2) is 5.96 Å². The first kappa shape index (κ1) is 14.0. The first-order valence-electron chi connectivity index (χ1n) is 5.72. The maximum Gasteiger partial charge on any atom is 0.188 e. The van der Waals surface area contributed by atoms with E-state index in [-0.39, 0.29) is 6.54 Å². The van der Waals surface area contributed by atoms with Gasteiger partial charge in [0.05, 0.1) is 6.54 Å². The van der Waals surface area contributed by atoms with E-state index in [0.29, 0.717) is 11.9 Å². The number of nitrogens with zero attached hydrogens (tertiary/aromatic N) is 1. The summed E-state index contributed by atoms with van der Waals surface area (Å²) in [5.74, 6) is 0.900. The number of nitrogens with two attached hydrogens (primary N) is 1. The normalized spacial score (nSPS) is 15.9. The molecule has 0 bridgehead atoms. The van der Waals surface area contributed by atoms with Gasteiger partial charge in [0.1, 0.15) is 5.60 Å². The molecule has 0 aliphatic rings. The third-order valence-corrected chi connectivity index (χ3v) is 3.42. The molecule has 0 aliphatic carbocycles. The summed E-state index contributed by atoms with van der Waals surface area (Å²) in [6.07, 6.45) is 0. The zero-order chi connectivity index (χ0) is 12.9. The van der Waals surface area contributed by atoms with Gasteiger partial charge in [-0.2, -0.15) is 0 Å². The van der Waals surface area contributed by atoms with Crippen LogP contribution in [-0.4, -0.2) is 24.2 Å². The summed E-state index contributed by atoms with van der Waals surface area (Å²) < 4.78 is 0. The fourth-order valence-electron chi connectivity index (χ4n) is 1.27. The number of thiophene rings is 1. The van der Waals surface area contributed by atoms with Crippen molar-refractivity contribution in [3.63, 3.8) is 0 Å². The van der Waals surface area contributed by atoms with Crippen LogP contribution in [0.2, 0.25) is 0 Å². The smallest absolute Gasteiger partial charge is 0.188 e. The van der Waals surface area contributed by atoms with Crippen molar-refractivity contribution in [1.29, 1.82) is 0 Å². The van der Waals surface area contributed by atoms with Gasteiger partial charge in [-0.3, -0.25) is 4.99 Å². The van der Waals surface area contributed by atoms with E-state index >= 15 is 0 Å². The summed E-state index contributed by atoms with van der Waals surface area (Å²) in [7, 11) is 0. The van der Waals surface area contributed by atoms with Crippen LogP contribution < -0.4 is 11.1 Å². The summed E-state index contributed by atoms with van der Waals surface area (Å²) in [5, 5.41) is 15.2. The van der Waals surface area contributed by atoms with Gasteiger partial charge in [0.2, 0.25) is 0 Å². The lowest BCUT2D eigenvalue weighted by molar-refractivity contribution is 0.0712. The van der Waals surface area contributed by atoms with Crippen molar-refractivity contribution >= 4 is 17.3 Å². The predicted molar refractivity (Wildman–Crippen MR) is 73.2 cm³/mol. The zero-order valence-electron chi connectivity index (χ0n) is 10.6. The molecule has 4 nitrogen and oxygen atoms in total. The lowest BCUT2D eigenvalue weighted by Crippen LogP contribution is -2.36. The third kappa shape index (κ3) is 4.75. The maximum atomic E-state index is 10.2. The zero-order valence-corrected chi connectivity index (χ0v) is 11.4. The van der Waals surface area contributed by atoms with E-state index in [0.717, 1.165) is 11.4 Å². The number of hydrogen-bond donors (Lipinski definition) is 3. The monoisotopic (exact) mass is 255 g/mol. The third-order valence-electron chi connectivity index (χ3n) is 2.30. The molecule has 96 valence electrons. The van der Waals surface area contributed by atoms with Crippen molar-refractivity contribution in [2.75, 3.05) is 13.1 Å². The molecule has 5 heteroatoms. The minimum atomic E-state index is -0.946. The quantitative estimate of drug-likeness (QED) is 0.552. The van der Waals surface area contributed by atoms with Crippen LogP contribution in [0.15, 0.2) is 22.5 Å². The molecule has 17 heavy (non-hydrogen) atoms. The van der Waals surface area contributed by atoms with Gasteiger partial charge in [0.25, 0.3) is 0 Å². The lowest BCUT2D eigenvalue weighted by Gasteiger charge is -2.19. The van der Waals surface area contributed by atoms with Crippen LogP contribution in [0.25, 0.3) is 0 Å². The van der Waals surface area contributed by atoms with Crippen LogP contribution in [0.4, 0.5) is 0 Å². The molecule has 4 N–H and O–H groups in total. The Kier molecular flexibility index (Phi) is 4.96. The molecule has 1 rings (SSSR count). The molecule has 0 saturated carbocycles. The second kappa shape index (κ2) is 6.02. The first-order valence-corrected chi connectivity index (χ1v) is 6.60. The molecule has 0 aliphatic heterocycles.